The Morgan fingerprint density at radius 2 is 1.88 bits per heavy atom. The zero-order chi connectivity index (χ0) is 29.0. The van der Waals surface area contributed by atoms with Gasteiger partial charge >= 0.3 is 0 Å². The largest absolute Gasteiger partial charge is 0.482 e. The van der Waals surface area contributed by atoms with Crippen molar-refractivity contribution in [3.63, 3.8) is 0 Å². The number of methoxy groups -OCH3 is 1. The van der Waals surface area contributed by atoms with Gasteiger partial charge in [-0.3, -0.25) is 24.4 Å². The van der Waals surface area contributed by atoms with Crippen molar-refractivity contribution in [2.24, 2.45) is 12.0 Å². The number of imidazole rings is 1. The van der Waals surface area contributed by atoms with Gasteiger partial charge in [-0.1, -0.05) is 29.3 Å². The molecule has 0 spiro atoms. The van der Waals surface area contributed by atoms with Crippen LogP contribution in [0.3, 0.4) is 0 Å². The number of carbonyl (C=O) groups excluding carboxylic acids is 1. The molecule has 210 valence electrons. The zero-order valence-corrected chi connectivity index (χ0v) is 24.2. The summed E-state index contributed by atoms with van der Waals surface area (Å²) in [5, 5.41) is 3.13. The van der Waals surface area contributed by atoms with Crippen LogP contribution in [0, 0.1) is 5.82 Å². The van der Waals surface area contributed by atoms with E-state index in [9.17, 15) is 14.0 Å². The second-order valence-corrected chi connectivity index (χ2v) is 10.9. The fourth-order valence-electron chi connectivity index (χ4n) is 5.00. The van der Waals surface area contributed by atoms with Crippen LogP contribution in [0.2, 0.25) is 10.0 Å². The number of aromatic nitrogens is 3. The smallest absolute Gasteiger partial charge is 0.279 e. The first-order chi connectivity index (χ1) is 18.9. The minimum Gasteiger partial charge on any atom is -0.482 e. The maximum Gasteiger partial charge on any atom is 0.279 e. The molecule has 2 aromatic heterocycles. The number of aryl methyl sites for hydroxylation is 1. The first kappa shape index (κ1) is 27.9. The van der Waals surface area contributed by atoms with Crippen LogP contribution in [0.4, 0.5) is 10.1 Å². The van der Waals surface area contributed by atoms with Gasteiger partial charge in [0.2, 0.25) is 5.88 Å². The summed E-state index contributed by atoms with van der Waals surface area (Å²) in [5.41, 5.74) is 1.72. The third-order valence-corrected chi connectivity index (χ3v) is 7.43. The van der Waals surface area contributed by atoms with Crippen LogP contribution in [0.1, 0.15) is 53.5 Å². The second kappa shape index (κ2) is 10.4. The van der Waals surface area contributed by atoms with Crippen molar-refractivity contribution in [3.8, 4) is 0 Å². The SMILES string of the molecule is COC1=C(c2nc3c(n2C(C)C)C(c2ccc(Cl)c(F)c2)N(c2cc(Cl)c(=O)n(C)c2)C3=O)C=NC(N(C)C)N1. The number of carbonyl (C=O) groups is 1. The molecule has 2 aliphatic rings. The van der Waals surface area contributed by atoms with E-state index in [1.54, 1.807) is 26.4 Å². The van der Waals surface area contributed by atoms with Crippen LogP contribution in [-0.2, 0) is 11.8 Å². The monoisotopic (exact) mass is 587 g/mol. The number of pyridine rings is 1. The number of halogens is 3. The highest BCUT2D eigenvalue weighted by molar-refractivity contribution is 6.31. The Bertz CT molecular complexity index is 1620. The van der Waals surface area contributed by atoms with Crippen molar-refractivity contribution >= 4 is 46.6 Å². The normalized spacial score (nSPS) is 18.7. The molecule has 1 N–H and O–H groups in total. The van der Waals surface area contributed by atoms with Gasteiger partial charge in [0.15, 0.2) is 12.0 Å². The molecule has 0 bridgehead atoms. The lowest BCUT2D eigenvalue weighted by Crippen LogP contribution is -2.42. The van der Waals surface area contributed by atoms with E-state index in [1.165, 1.54) is 33.9 Å². The molecule has 2 unspecified atom stereocenters. The lowest BCUT2D eigenvalue weighted by atomic mass is 10.0. The van der Waals surface area contributed by atoms with E-state index in [1.807, 2.05) is 37.4 Å². The van der Waals surface area contributed by atoms with E-state index in [2.05, 4.69) is 10.3 Å². The summed E-state index contributed by atoms with van der Waals surface area (Å²) in [7, 11) is 6.85. The third-order valence-electron chi connectivity index (χ3n) is 6.85. The van der Waals surface area contributed by atoms with Crippen LogP contribution in [0.25, 0.3) is 5.57 Å². The molecule has 10 nitrogen and oxygen atoms in total. The average Bonchev–Trinajstić information content (AvgIpc) is 3.43. The highest BCUT2D eigenvalue weighted by Gasteiger charge is 2.45. The molecule has 4 heterocycles. The van der Waals surface area contributed by atoms with E-state index in [4.69, 9.17) is 32.9 Å². The molecule has 0 saturated heterocycles. The predicted molar refractivity (Wildman–Crippen MR) is 152 cm³/mol. The van der Waals surface area contributed by atoms with E-state index in [0.717, 1.165) is 0 Å². The van der Waals surface area contributed by atoms with Crippen molar-refractivity contribution in [1.29, 1.82) is 0 Å². The van der Waals surface area contributed by atoms with Crippen LogP contribution in [-0.4, -0.2) is 58.6 Å². The minimum absolute atomic E-state index is 0.0436. The van der Waals surface area contributed by atoms with Crippen LogP contribution >= 0.6 is 23.2 Å². The molecule has 0 fully saturated rings. The van der Waals surface area contributed by atoms with Gasteiger partial charge in [-0.15, -0.1) is 0 Å². The van der Waals surface area contributed by atoms with E-state index in [-0.39, 0.29) is 28.1 Å². The number of nitrogens with zero attached hydrogens (tertiary/aromatic N) is 6. The Labute approximate surface area is 240 Å². The van der Waals surface area contributed by atoms with Gasteiger partial charge in [0.05, 0.1) is 29.1 Å². The number of nitrogens with one attached hydrogen (secondary N) is 1. The van der Waals surface area contributed by atoms with Crippen molar-refractivity contribution in [2.75, 3.05) is 26.1 Å². The van der Waals surface area contributed by atoms with Gasteiger partial charge in [-0.25, -0.2) is 9.37 Å². The highest BCUT2D eigenvalue weighted by Crippen LogP contribution is 2.44. The summed E-state index contributed by atoms with van der Waals surface area (Å²) in [6, 6.07) is 4.86. The Kier molecular flexibility index (Phi) is 7.24. The van der Waals surface area contributed by atoms with E-state index in [0.29, 0.717) is 34.2 Å². The predicted octanol–water partition coefficient (Wildman–Crippen LogP) is 4.19. The Morgan fingerprint density at radius 3 is 2.48 bits per heavy atom. The molecule has 2 atom stereocenters. The van der Waals surface area contributed by atoms with Crippen molar-refractivity contribution < 1.29 is 13.9 Å². The van der Waals surface area contributed by atoms with Gasteiger partial charge in [0.25, 0.3) is 11.5 Å². The van der Waals surface area contributed by atoms with Gasteiger partial charge in [-0.2, -0.15) is 0 Å². The molecule has 1 aromatic carbocycles. The quantitative estimate of drug-likeness (QED) is 0.464. The second-order valence-electron chi connectivity index (χ2n) is 10.1. The number of aliphatic imine (C=N–C) groups is 1. The first-order valence-electron chi connectivity index (χ1n) is 12.5. The lowest BCUT2D eigenvalue weighted by Gasteiger charge is -2.30. The first-order valence-corrected chi connectivity index (χ1v) is 13.2. The minimum atomic E-state index is -0.805. The maximum absolute atomic E-state index is 14.8. The Balaban J connectivity index is 1.77. The molecule has 5 rings (SSSR count). The van der Waals surface area contributed by atoms with Crippen LogP contribution in [0.5, 0.6) is 0 Å². The number of hydrogen-bond acceptors (Lipinski definition) is 7. The number of rotatable bonds is 6. The number of fused-ring (bicyclic) bond motifs is 1. The highest BCUT2D eigenvalue weighted by atomic mass is 35.5. The summed E-state index contributed by atoms with van der Waals surface area (Å²) in [6.45, 7) is 3.93. The average molecular weight is 588 g/mol. The molecule has 0 saturated carbocycles. The fourth-order valence-corrected chi connectivity index (χ4v) is 5.36. The number of allylic oxidation sites excluding steroid dienone is 1. The standard InChI is InChI=1S/C27H28Cl2FN7O3/c1-13(2)36-22-20(32-23(36)16-11-31-27(34(3)4)33-24(16)40-6)26(39)37(15-10-18(29)25(38)35(5)12-15)21(22)14-7-8-17(28)19(30)9-14/h7-13,21,27,33H,1-6H3. The number of hydrogen-bond donors (Lipinski definition) is 1. The molecular formula is C27H28Cl2FN7O3. The summed E-state index contributed by atoms with van der Waals surface area (Å²) in [6.07, 6.45) is 2.84. The number of amides is 1. The van der Waals surface area contributed by atoms with Gasteiger partial charge in [-0.05, 0) is 51.7 Å². The topological polar surface area (TPSA) is 97.0 Å². The molecule has 13 heteroatoms. The summed E-state index contributed by atoms with van der Waals surface area (Å²) in [5.74, 6) is -0.145. The Hall–Kier alpha value is -3.67. The number of ether oxygens (including phenoxy) is 1. The molecule has 1 amide bonds. The molecular weight excluding hydrogens is 560 g/mol. The van der Waals surface area contributed by atoms with Gasteiger partial charge in [0, 0.05) is 25.5 Å². The van der Waals surface area contributed by atoms with Crippen molar-refractivity contribution in [1.82, 2.24) is 24.3 Å². The number of anilines is 1. The molecule has 0 aliphatic carbocycles. The lowest BCUT2D eigenvalue weighted by molar-refractivity contribution is 0.0989. The molecule has 2 aliphatic heterocycles. The van der Waals surface area contributed by atoms with Gasteiger partial charge in [0.1, 0.15) is 22.7 Å². The molecule has 40 heavy (non-hydrogen) atoms. The maximum atomic E-state index is 14.8. The molecule has 3 aromatic rings. The fraction of sp³-hybridized carbons (Fsp3) is 0.333. The third kappa shape index (κ3) is 4.47. The molecule has 0 radical (unpaired) electrons. The zero-order valence-electron chi connectivity index (χ0n) is 22.7. The van der Waals surface area contributed by atoms with Gasteiger partial charge < -0.3 is 19.2 Å². The van der Waals surface area contributed by atoms with Crippen molar-refractivity contribution in [2.45, 2.75) is 32.2 Å². The Morgan fingerprint density at radius 1 is 1.15 bits per heavy atom. The van der Waals surface area contributed by atoms with Crippen LogP contribution in [0.15, 0.2) is 46.1 Å². The van der Waals surface area contributed by atoms with Crippen molar-refractivity contribution in [3.05, 3.63) is 85.3 Å². The summed E-state index contributed by atoms with van der Waals surface area (Å²) in [4.78, 5) is 39.1. The number of benzene rings is 1. The summed E-state index contributed by atoms with van der Waals surface area (Å²) < 4.78 is 23.7. The van der Waals surface area contributed by atoms with Crippen LogP contribution < -0.4 is 15.8 Å². The van der Waals surface area contributed by atoms with E-state index >= 15 is 0 Å². The summed E-state index contributed by atoms with van der Waals surface area (Å²) >= 11 is 12.2. The van der Waals surface area contributed by atoms with E-state index < -0.39 is 23.3 Å².